The lowest BCUT2D eigenvalue weighted by atomic mass is 9.46. The quantitative estimate of drug-likeness (QED) is 0.445. The van der Waals surface area contributed by atoms with Crippen LogP contribution in [-0.4, -0.2) is 59.3 Å². The lowest BCUT2D eigenvalue weighted by Crippen LogP contribution is -2.63. The number of aliphatic hydroxyl groups is 2. The molecule has 1 aromatic rings. The first kappa shape index (κ1) is 29.5. The number of Topliss-reactive ketones (excluding diaryl/α,β-unsaturated/α-hetero) is 1. The topological polar surface area (TPSA) is 105 Å². The molecule has 0 amide bonds. The summed E-state index contributed by atoms with van der Waals surface area (Å²) >= 11 is 0. The Morgan fingerprint density at radius 3 is 2.53 bits per heavy atom. The molecule has 4 saturated carbocycles. The minimum absolute atomic E-state index is 0.0153. The summed E-state index contributed by atoms with van der Waals surface area (Å²) in [6, 6.07) is 9.10. The molecule has 5 fully saturated rings. The average Bonchev–Trinajstić information content (AvgIpc) is 3.50. The van der Waals surface area contributed by atoms with Gasteiger partial charge in [-0.05, 0) is 100 Å². The Balaban J connectivity index is 1.13. The van der Waals surface area contributed by atoms with Gasteiger partial charge in [-0.3, -0.25) is 9.59 Å². The highest BCUT2D eigenvalue weighted by atomic mass is 16.7. The van der Waals surface area contributed by atoms with Crippen LogP contribution in [0.5, 0.6) is 0 Å². The van der Waals surface area contributed by atoms with Crippen molar-refractivity contribution in [2.24, 2.45) is 34.5 Å². The SMILES string of the molecule is CNC1CCC(Cc2ccc([C@@H]3OC4CC5C6CCC7=CC(=O)C=CC7(C)C6C(O)CC5(C)C4(C(=O)CO)O3)cc2)CC1. The van der Waals surface area contributed by atoms with E-state index in [1.165, 1.54) is 31.2 Å². The molecule has 1 aromatic carbocycles. The molecule has 0 spiro atoms. The summed E-state index contributed by atoms with van der Waals surface area (Å²) in [5, 5.41) is 25.5. The zero-order chi connectivity index (χ0) is 30.1. The van der Waals surface area contributed by atoms with Gasteiger partial charge in [-0.1, -0.05) is 49.8 Å². The van der Waals surface area contributed by atoms with Gasteiger partial charge in [0.05, 0.1) is 12.2 Å². The monoisotopic (exact) mass is 589 g/mol. The number of carbonyl (C=O) groups excluding carboxylic acids is 2. The van der Waals surface area contributed by atoms with Crippen molar-refractivity contribution < 1.29 is 29.3 Å². The first-order valence-electron chi connectivity index (χ1n) is 16.5. The summed E-state index contributed by atoms with van der Waals surface area (Å²) in [4.78, 5) is 25.9. The van der Waals surface area contributed by atoms with E-state index in [-0.39, 0.29) is 34.7 Å². The number of carbonyl (C=O) groups is 2. The summed E-state index contributed by atoms with van der Waals surface area (Å²) < 4.78 is 13.4. The lowest BCUT2D eigenvalue weighted by Gasteiger charge is -2.59. The molecule has 43 heavy (non-hydrogen) atoms. The molecule has 1 saturated heterocycles. The number of hydrogen-bond acceptors (Lipinski definition) is 7. The van der Waals surface area contributed by atoms with Gasteiger partial charge in [-0.15, -0.1) is 0 Å². The fourth-order valence-electron chi connectivity index (χ4n) is 10.6. The van der Waals surface area contributed by atoms with Crippen molar-refractivity contribution in [2.75, 3.05) is 13.7 Å². The van der Waals surface area contributed by atoms with Crippen LogP contribution in [0.25, 0.3) is 0 Å². The molecule has 8 unspecified atom stereocenters. The maximum absolute atomic E-state index is 13.8. The number of nitrogens with one attached hydrogen (secondary N) is 1. The first-order valence-corrected chi connectivity index (χ1v) is 16.5. The van der Waals surface area contributed by atoms with Crippen molar-refractivity contribution in [2.45, 2.75) is 102 Å². The number of allylic oxidation sites excluding steroid dienone is 4. The van der Waals surface area contributed by atoms with E-state index in [1.54, 1.807) is 12.2 Å². The van der Waals surface area contributed by atoms with Crippen LogP contribution in [-0.2, 0) is 25.5 Å². The second-order valence-electron chi connectivity index (χ2n) is 14.8. The fourth-order valence-corrected chi connectivity index (χ4v) is 10.6. The molecule has 232 valence electrons. The number of rotatable bonds is 6. The van der Waals surface area contributed by atoms with Gasteiger partial charge >= 0.3 is 0 Å². The highest BCUT2D eigenvalue weighted by molar-refractivity contribution is 6.01. The smallest absolute Gasteiger partial charge is 0.193 e. The van der Waals surface area contributed by atoms with Crippen LogP contribution >= 0.6 is 0 Å². The standard InChI is InChI=1S/C36H47NO6/c1-34-15-14-26(39)17-24(34)10-13-27-28-18-31-36(30(41)20-38,35(28,2)19-29(40)32(27)34)43-33(42-31)23-8-4-21(5-9-23)16-22-6-11-25(37-3)12-7-22/h4-5,8-9,14-15,17,22,25,27-29,31-33,37-38,40H,6-7,10-13,16,18-20H2,1-3H3/t22?,25?,27?,28?,29?,31?,32?,33-,34?,35?,36?/m1/s1. The van der Waals surface area contributed by atoms with Gasteiger partial charge in [0.2, 0.25) is 0 Å². The second kappa shape index (κ2) is 10.7. The lowest BCUT2D eigenvalue weighted by molar-refractivity contribution is -0.201. The predicted octanol–water partition coefficient (Wildman–Crippen LogP) is 4.61. The largest absolute Gasteiger partial charge is 0.393 e. The molecule has 9 atom stereocenters. The Kier molecular flexibility index (Phi) is 7.37. The van der Waals surface area contributed by atoms with Gasteiger partial charge in [-0.25, -0.2) is 0 Å². The maximum Gasteiger partial charge on any atom is 0.193 e. The fraction of sp³-hybridized carbons (Fsp3) is 0.667. The van der Waals surface area contributed by atoms with E-state index < -0.39 is 36.1 Å². The molecule has 7 nitrogen and oxygen atoms in total. The van der Waals surface area contributed by atoms with E-state index in [2.05, 4.69) is 50.5 Å². The molecular weight excluding hydrogens is 542 g/mol. The minimum Gasteiger partial charge on any atom is -0.393 e. The third-order valence-electron chi connectivity index (χ3n) is 12.8. The highest BCUT2D eigenvalue weighted by Crippen LogP contribution is 2.70. The molecule has 0 radical (unpaired) electrons. The molecule has 7 heteroatoms. The summed E-state index contributed by atoms with van der Waals surface area (Å²) in [6.07, 6.45) is 12.2. The van der Waals surface area contributed by atoms with Crippen LogP contribution in [0, 0.1) is 34.5 Å². The van der Waals surface area contributed by atoms with Crippen LogP contribution in [0.3, 0.4) is 0 Å². The van der Waals surface area contributed by atoms with E-state index in [0.717, 1.165) is 30.4 Å². The van der Waals surface area contributed by atoms with Crippen LogP contribution < -0.4 is 5.32 Å². The third kappa shape index (κ3) is 4.40. The van der Waals surface area contributed by atoms with Crippen molar-refractivity contribution in [1.29, 1.82) is 0 Å². The maximum atomic E-state index is 13.8. The Morgan fingerprint density at radius 1 is 1.09 bits per heavy atom. The van der Waals surface area contributed by atoms with Crippen LogP contribution in [0.1, 0.15) is 82.6 Å². The zero-order valence-electron chi connectivity index (χ0n) is 25.8. The molecule has 1 heterocycles. The van der Waals surface area contributed by atoms with Gasteiger partial charge in [0.25, 0.3) is 0 Å². The molecule has 5 aliphatic carbocycles. The van der Waals surface area contributed by atoms with Gasteiger partial charge < -0.3 is 25.0 Å². The normalized spacial score (nSPS) is 45.1. The highest BCUT2D eigenvalue weighted by Gasteiger charge is 2.75. The minimum atomic E-state index is -1.32. The van der Waals surface area contributed by atoms with Crippen molar-refractivity contribution in [1.82, 2.24) is 5.32 Å². The van der Waals surface area contributed by atoms with Gasteiger partial charge in [0.1, 0.15) is 6.61 Å². The molecule has 7 rings (SSSR count). The summed E-state index contributed by atoms with van der Waals surface area (Å²) in [7, 11) is 2.05. The van der Waals surface area contributed by atoms with Crippen molar-refractivity contribution in [3.63, 3.8) is 0 Å². The molecule has 1 aliphatic heterocycles. The number of fused-ring (bicyclic) bond motifs is 7. The zero-order valence-corrected chi connectivity index (χ0v) is 25.8. The number of ether oxygens (including phenoxy) is 2. The molecule has 6 aliphatic rings. The Morgan fingerprint density at radius 2 is 1.84 bits per heavy atom. The van der Waals surface area contributed by atoms with Crippen molar-refractivity contribution >= 4 is 11.6 Å². The predicted molar refractivity (Wildman–Crippen MR) is 162 cm³/mol. The summed E-state index contributed by atoms with van der Waals surface area (Å²) in [6.45, 7) is 3.61. The van der Waals surface area contributed by atoms with E-state index in [9.17, 15) is 19.8 Å². The summed E-state index contributed by atoms with van der Waals surface area (Å²) in [5.74, 6) is 0.558. The van der Waals surface area contributed by atoms with Crippen molar-refractivity contribution in [3.8, 4) is 0 Å². The van der Waals surface area contributed by atoms with Gasteiger partial charge in [0, 0.05) is 28.4 Å². The first-order chi connectivity index (χ1) is 20.6. The number of hydrogen-bond donors (Lipinski definition) is 3. The Labute approximate surface area is 255 Å². The number of ketones is 2. The Hall–Kier alpha value is -2.16. The van der Waals surface area contributed by atoms with Crippen LogP contribution in [0.4, 0.5) is 0 Å². The second-order valence-corrected chi connectivity index (χ2v) is 14.8. The van der Waals surface area contributed by atoms with E-state index in [4.69, 9.17) is 9.47 Å². The van der Waals surface area contributed by atoms with Gasteiger partial charge in [0.15, 0.2) is 23.5 Å². The number of benzene rings is 1. The van der Waals surface area contributed by atoms with Gasteiger partial charge in [-0.2, -0.15) is 0 Å². The average molecular weight is 590 g/mol. The molecule has 0 aromatic heterocycles. The molecule has 0 bridgehead atoms. The van der Waals surface area contributed by atoms with E-state index in [1.807, 2.05) is 6.08 Å². The number of aliphatic hydroxyl groups excluding tert-OH is 2. The molecular formula is C36H47NO6. The third-order valence-corrected chi connectivity index (χ3v) is 12.8. The van der Waals surface area contributed by atoms with E-state index in [0.29, 0.717) is 24.8 Å². The Bertz CT molecular complexity index is 1330. The van der Waals surface area contributed by atoms with Crippen molar-refractivity contribution in [3.05, 3.63) is 59.2 Å². The summed E-state index contributed by atoms with van der Waals surface area (Å²) in [5.41, 5.74) is 0.899. The van der Waals surface area contributed by atoms with E-state index >= 15 is 0 Å². The molecule has 3 N–H and O–H groups in total. The van der Waals surface area contributed by atoms with Crippen LogP contribution in [0.15, 0.2) is 48.1 Å². The van der Waals surface area contributed by atoms with Crippen LogP contribution in [0.2, 0.25) is 0 Å².